The molecule has 20 heavy (non-hydrogen) atoms. The molecule has 0 saturated heterocycles. The Balaban J connectivity index is 2.11. The lowest BCUT2D eigenvalue weighted by atomic mass is 9.66. The SMILES string of the molecule is CC1(C)CC[C@H]2[C@H]1Nc1ccc([N+](=O)[O-])cc1C2(C)C. The number of benzene rings is 1. The lowest BCUT2D eigenvalue weighted by molar-refractivity contribution is -0.385. The number of anilines is 1. The van der Waals surface area contributed by atoms with Gasteiger partial charge in [0, 0.05) is 23.9 Å². The molecule has 0 amide bonds. The molecule has 1 aliphatic carbocycles. The van der Waals surface area contributed by atoms with Crippen molar-refractivity contribution in [2.24, 2.45) is 11.3 Å². The first-order valence-corrected chi connectivity index (χ1v) is 7.29. The Bertz CT molecular complexity index is 578. The van der Waals surface area contributed by atoms with Gasteiger partial charge in [-0.3, -0.25) is 10.1 Å². The Morgan fingerprint density at radius 2 is 2.00 bits per heavy atom. The van der Waals surface area contributed by atoms with Crippen LogP contribution >= 0.6 is 0 Å². The molecule has 2 aliphatic rings. The van der Waals surface area contributed by atoms with E-state index in [4.69, 9.17) is 0 Å². The maximum atomic E-state index is 11.0. The molecule has 1 heterocycles. The molecule has 108 valence electrons. The summed E-state index contributed by atoms with van der Waals surface area (Å²) >= 11 is 0. The number of fused-ring (bicyclic) bond motifs is 2. The van der Waals surface area contributed by atoms with E-state index in [0.717, 1.165) is 11.3 Å². The van der Waals surface area contributed by atoms with Crippen molar-refractivity contribution in [2.45, 2.75) is 52.0 Å². The van der Waals surface area contributed by atoms with E-state index in [1.165, 1.54) is 12.8 Å². The zero-order chi connectivity index (χ0) is 14.7. The third-order valence-corrected chi connectivity index (χ3v) is 5.49. The molecular formula is C16H22N2O2. The minimum absolute atomic E-state index is 0.0228. The summed E-state index contributed by atoms with van der Waals surface area (Å²) < 4.78 is 0. The summed E-state index contributed by atoms with van der Waals surface area (Å²) in [6, 6.07) is 5.68. The molecule has 1 aromatic carbocycles. The van der Waals surface area contributed by atoms with Gasteiger partial charge in [-0.15, -0.1) is 0 Å². The number of nitrogens with zero attached hydrogens (tertiary/aromatic N) is 1. The van der Waals surface area contributed by atoms with Crippen molar-refractivity contribution in [3.63, 3.8) is 0 Å². The zero-order valence-corrected chi connectivity index (χ0v) is 12.6. The van der Waals surface area contributed by atoms with E-state index in [9.17, 15) is 10.1 Å². The monoisotopic (exact) mass is 274 g/mol. The summed E-state index contributed by atoms with van der Waals surface area (Å²) in [5.74, 6) is 0.534. The third kappa shape index (κ3) is 1.74. The highest BCUT2D eigenvalue weighted by atomic mass is 16.6. The average Bonchev–Trinajstić information content (AvgIpc) is 2.66. The summed E-state index contributed by atoms with van der Waals surface area (Å²) in [6.45, 7) is 9.10. The van der Waals surface area contributed by atoms with Gasteiger partial charge in [0.25, 0.3) is 5.69 Å². The van der Waals surface area contributed by atoms with Gasteiger partial charge in [0.2, 0.25) is 0 Å². The molecule has 0 spiro atoms. The zero-order valence-electron chi connectivity index (χ0n) is 12.6. The van der Waals surface area contributed by atoms with Crippen molar-refractivity contribution in [3.8, 4) is 0 Å². The fraction of sp³-hybridized carbons (Fsp3) is 0.625. The molecule has 1 N–H and O–H groups in total. The van der Waals surface area contributed by atoms with Crippen LogP contribution < -0.4 is 5.32 Å². The second-order valence-corrected chi connectivity index (χ2v) is 7.46. The molecule has 0 bridgehead atoms. The van der Waals surface area contributed by atoms with Crippen LogP contribution in [0.25, 0.3) is 0 Å². The fourth-order valence-electron chi connectivity index (χ4n) is 4.14. The quantitative estimate of drug-likeness (QED) is 0.619. The van der Waals surface area contributed by atoms with E-state index in [1.807, 2.05) is 6.07 Å². The van der Waals surface area contributed by atoms with Crippen LogP contribution in [0.15, 0.2) is 18.2 Å². The summed E-state index contributed by atoms with van der Waals surface area (Å²) in [5, 5.41) is 14.7. The van der Waals surface area contributed by atoms with Crippen molar-refractivity contribution in [1.29, 1.82) is 0 Å². The molecule has 0 unspecified atom stereocenters. The molecule has 2 atom stereocenters. The van der Waals surface area contributed by atoms with Gasteiger partial charge in [-0.2, -0.15) is 0 Å². The van der Waals surface area contributed by atoms with Crippen LogP contribution in [0.4, 0.5) is 11.4 Å². The van der Waals surface area contributed by atoms with E-state index in [-0.39, 0.29) is 21.4 Å². The van der Waals surface area contributed by atoms with Crippen LogP contribution in [-0.2, 0) is 5.41 Å². The molecule has 1 aromatic rings. The fourth-order valence-corrected chi connectivity index (χ4v) is 4.14. The highest BCUT2D eigenvalue weighted by molar-refractivity contribution is 5.62. The van der Waals surface area contributed by atoms with E-state index in [1.54, 1.807) is 12.1 Å². The Hall–Kier alpha value is -1.58. The minimum Gasteiger partial charge on any atom is -0.381 e. The van der Waals surface area contributed by atoms with Gasteiger partial charge in [0.15, 0.2) is 0 Å². The highest BCUT2D eigenvalue weighted by Crippen LogP contribution is 2.55. The Labute approximate surface area is 119 Å². The smallest absolute Gasteiger partial charge is 0.269 e. The van der Waals surface area contributed by atoms with Gasteiger partial charge in [-0.25, -0.2) is 0 Å². The van der Waals surface area contributed by atoms with Gasteiger partial charge in [0.1, 0.15) is 0 Å². The van der Waals surface area contributed by atoms with Crippen molar-refractivity contribution >= 4 is 11.4 Å². The molecule has 1 fully saturated rings. The molecule has 0 radical (unpaired) electrons. The largest absolute Gasteiger partial charge is 0.381 e. The second kappa shape index (κ2) is 3.96. The van der Waals surface area contributed by atoms with Gasteiger partial charge < -0.3 is 5.32 Å². The Kier molecular flexibility index (Phi) is 2.66. The predicted octanol–water partition coefficient (Wildman–Crippen LogP) is 4.10. The average molecular weight is 274 g/mol. The van der Waals surface area contributed by atoms with Gasteiger partial charge in [0.05, 0.1) is 4.92 Å². The first-order valence-electron chi connectivity index (χ1n) is 7.29. The number of hydrogen-bond acceptors (Lipinski definition) is 3. The van der Waals surface area contributed by atoms with Crippen LogP contribution in [0.5, 0.6) is 0 Å². The molecule has 1 aliphatic heterocycles. The lowest BCUT2D eigenvalue weighted by Gasteiger charge is -2.46. The molecule has 4 heteroatoms. The number of nitro groups is 1. The standard InChI is InChI=1S/C16H22N2O2/c1-15(2)8-7-11-14(15)17-13-6-5-10(18(19)20)9-12(13)16(11,3)4/h5-6,9,11,14,17H,7-8H2,1-4H3/t11-,14+/m0/s1. The summed E-state index contributed by atoms with van der Waals surface area (Å²) in [4.78, 5) is 10.7. The number of hydrogen-bond donors (Lipinski definition) is 1. The number of nitrogens with one attached hydrogen (secondary N) is 1. The minimum atomic E-state index is -0.305. The maximum absolute atomic E-state index is 11.0. The number of non-ortho nitro benzene ring substituents is 1. The topological polar surface area (TPSA) is 55.2 Å². The van der Waals surface area contributed by atoms with Gasteiger partial charge >= 0.3 is 0 Å². The van der Waals surface area contributed by atoms with Crippen LogP contribution in [0.1, 0.15) is 46.1 Å². The van der Waals surface area contributed by atoms with Crippen molar-refractivity contribution in [2.75, 3.05) is 5.32 Å². The van der Waals surface area contributed by atoms with E-state index >= 15 is 0 Å². The summed E-state index contributed by atoms with van der Waals surface area (Å²) in [6.07, 6.45) is 2.38. The molecule has 1 saturated carbocycles. The van der Waals surface area contributed by atoms with E-state index < -0.39 is 0 Å². The second-order valence-electron chi connectivity index (χ2n) is 7.46. The third-order valence-electron chi connectivity index (χ3n) is 5.49. The predicted molar refractivity (Wildman–Crippen MR) is 80.0 cm³/mol. The highest BCUT2D eigenvalue weighted by Gasteiger charge is 2.52. The first kappa shape index (κ1) is 13.4. The van der Waals surface area contributed by atoms with Gasteiger partial charge in [-0.05, 0) is 41.2 Å². The van der Waals surface area contributed by atoms with Crippen LogP contribution in [0.3, 0.4) is 0 Å². The summed E-state index contributed by atoms with van der Waals surface area (Å²) in [5.41, 5.74) is 2.60. The van der Waals surface area contributed by atoms with Crippen molar-refractivity contribution in [1.82, 2.24) is 0 Å². The van der Waals surface area contributed by atoms with E-state index in [0.29, 0.717) is 12.0 Å². The first-order chi connectivity index (χ1) is 9.23. The molecule has 0 aromatic heterocycles. The van der Waals surface area contributed by atoms with Crippen LogP contribution in [0.2, 0.25) is 0 Å². The number of rotatable bonds is 1. The Morgan fingerprint density at radius 1 is 1.30 bits per heavy atom. The molecule has 4 nitrogen and oxygen atoms in total. The lowest BCUT2D eigenvalue weighted by Crippen LogP contribution is -2.47. The van der Waals surface area contributed by atoms with E-state index in [2.05, 4.69) is 33.0 Å². The van der Waals surface area contributed by atoms with Crippen LogP contribution in [0, 0.1) is 21.4 Å². The van der Waals surface area contributed by atoms with Crippen LogP contribution in [-0.4, -0.2) is 11.0 Å². The normalized spacial score (nSPS) is 29.2. The maximum Gasteiger partial charge on any atom is 0.269 e. The summed E-state index contributed by atoms with van der Waals surface area (Å²) in [7, 11) is 0. The molecular weight excluding hydrogens is 252 g/mol. The number of nitro benzene ring substituents is 1. The van der Waals surface area contributed by atoms with Crippen molar-refractivity contribution < 1.29 is 4.92 Å². The Morgan fingerprint density at radius 3 is 2.65 bits per heavy atom. The molecule has 3 rings (SSSR count). The van der Waals surface area contributed by atoms with Crippen molar-refractivity contribution in [3.05, 3.63) is 33.9 Å². The van der Waals surface area contributed by atoms with Gasteiger partial charge in [-0.1, -0.05) is 27.7 Å².